The van der Waals surface area contributed by atoms with Gasteiger partial charge in [-0.15, -0.1) is 0 Å². The molecular formula is C31H59NO12S. The number of hydrogen-bond donors (Lipinski definition) is 7. The molecule has 0 saturated carbocycles. The van der Waals surface area contributed by atoms with E-state index in [0.717, 1.165) is 51.4 Å². The van der Waals surface area contributed by atoms with Crippen LogP contribution in [0.5, 0.6) is 0 Å². The van der Waals surface area contributed by atoms with Crippen LogP contribution >= 0.6 is 0 Å². The summed E-state index contributed by atoms with van der Waals surface area (Å²) >= 11 is 0. The Morgan fingerprint density at radius 1 is 0.889 bits per heavy atom. The molecule has 1 rings (SSSR count). The van der Waals surface area contributed by atoms with Crippen LogP contribution in [0.1, 0.15) is 117 Å². The predicted octanol–water partition coefficient (Wildman–Crippen LogP) is 2.67. The summed E-state index contributed by atoms with van der Waals surface area (Å²) in [5.41, 5.74) is 0. The van der Waals surface area contributed by atoms with E-state index in [9.17, 15) is 38.7 Å². The summed E-state index contributed by atoms with van der Waals surface area (Å²) < 4.78 is 46.9. The second kappa shape index (κ2) is 24.0. The molecule has 45 heavy (non-hydrogen) atoms. The molecule has 0 radical (unpaired) electrons. The molecule has 266 valence electrons. The predicted molar refractivity (Wildman–Crippen MR) is 168 cm³/mol. The van der Waals surface area contributed by atoms with Crippen LogP contribution in [-0.4, -0.2) is 107 Å². The van der Waals surface area contributed by atoms with Crippen LogP contribution in [0.15, 0.2) is 12.2 Å². The molecule has 0 aliphatic carbocycles. The fraction of sp³-hybridized carbons (Fsp3) is 0.903. The molecule has 0 spiro atoms. The van der Waals surface area contributed by atoms with Gasteiger partial charge in [-0.2, -0.15) is 8.42 Å². The number of carbonyl (C=O) groups excluding carboxylic acids is 1. The van der Waals surface area contributed by atoms with E-state index >= 15 is 0 Å². The van der Waals surface area contributed by atoms with E-state index in [1.54, 1.807) is 6.08 Å². The Hall–Kier alpha value is -1.20. The molecule has 13 nitrogen and oxygen atoms in total. The quantitative estimate of drug-likeness (QED) is 0.0403. The normalized spacial score (nSPS) is 24.5. The monoisotopic (exact) mass is 669 g/mol. The van der Waals surface area contributed by atoms with Crippen LogP contribution in [-0.2, 0) is 28.9 Å². The van der Waals surface area contributed by atoms with Crippen molar-refractivity contribution in [3.63, 3.8) is 0 Å². The maximum absolute atomic E-state index is 12.9. The van der Waals surface area contributed by atoms with Crippen molar-refractivity contribution in [2.75, 3.05) is 13.2 Å². The van der Waals surface area contributed by atoms with E-state index in [0.29, 0.717) is 12.8 Å². The molecule has 8 atom stereocenters. The zero-order chi connectivity index (χ0) is 33.7. The van der Waals surface area contributed by atoms with Gasteiger partial charge >= 0.3 is 10.4 Å². The highest BCUT2D eigenvalue weighted by molar-refractivity contribution is 7.80. The van der Waals surface area contributed by atoms with Crippen molar-refractivity contribution < 1.29 is 57.0 Å². The lowest BCUT2D eigenvalue weighted by Crippen LogP contribution is -2.61. The molecule has 0 aromatic rings. The number of ether oxygens (including phenoxy) is 2. The Morgan fingerprint density at radius 2 is 1.44 bits per heavy atom. The maximum Gasteiger partial charge on any atom is 0.397 e. The van der Waals surface area contributed by atoms with Gasteiger partial charge in [0.1, 0.15) is 30.5 Å². The lowest BCUT2D eigenvalue weighted by atomic mass is 9.99. The van der Waals surface area contributed by atoms with Crippen molar-refractivity contribution in [1.29, 1.82) is 0 Å². The molecule has 0 aromatic carbocycles. The minimum Gasteiger partial charge on any atom is -0.394 e. The molecule has 1 amide bonds. The van der Waals surface area contributed by atoms with Gasteiger partial charge in [-0.1, -0.05) is 109 Å². The molecule has 8 unspecified atom stereocenters. The van der Waals surface area contributed by atoms with Gasteiger partial charge in [0.05, 0.1) is 25.4 Å². The second-order valence-corrected chi connectivity index (χ2v) is 12.9. The summed E-state index contributed by atoms with van der Waals surface area (Å²) in [7, 11) is -5.10. The molecule has 7 N–H and O–H groups in total. The average Bonchev–Trinajstić information content (AvgIpc) is 2.99. The second-order valence-electron chi connectivity index (χ2n) is 11.9. The number of aliphatic hydroxyl groups is 5. The SMILES string of the molecule is CCCCCCC/C=C/C(O)C(COC1OC(CO)C(O)C(OS(=O)(=O)O)C1O)NC(=O)C(O)CCCCCCCCCCC. The zero-order valence-electron chi connectivity index (χ0n) is 27.0. The van der Waals surface area contributed by atoms with E-state index in [-0.39, 0.29) is 6.42 Å². The van der Waals surface area contributed by atoms with Gasteiger partial charge in [0.2, 0.25) is 5.91 Å². The van der Waals surface area contributed by atoms with Gasteiger partial charge in [-0.3, -0.25) is 9.35 Å². The molecule has 14 heteroatoms. The maximum atomic E-state index is 12.9. The third-order valence-electron chi connectivity index (χ3n) is 7.93. The Morgan fingerprint density at radius 3 is 2.00 bits per heavy atom. The highest BCUT2D eigenvalue weighted by Crippen LogP contribution is 2.26. The van der Waals surface area contributed by atoms with Crippen molar-refractivity contribution in [2.45, 2.75) is 166 Å². The van der Waals surface area contributed by atoms with Crippen LogP contribution in [0.4, 0.5) is 0 Å². The molecule has 1 heterocycles. The number of hydrogen-bond acceptors (Lipinski definition) is 11. The highest BCUT2D eigenvalue weighted by Gasteiger charge is 2.48. The first-order valence-electron chi connectivity index (χ1n) is 16.7. The standard InChI is InChI=1S/C31H59NO12S/c1-3-5-7-9-11-12-14-16-18-20-25(35)30(38)32-23(24(34)19-17-15-13-10-8-6-4-2)22-42-31-28(37)29(44-45(39,40)41)27(36)26(21-33)43-31/h17,19,23-29,31,33-37H,3-16,18,20-22H2,1-2H3,(H,32,38)(H,39,40,41)/b19-17+. The number of nitrogens with one attached hydrogen (secondary N) is 1. The van der Waals surface area contributed by atoms with Crippen LogP contribution in [0.25, 0.3) is 0 Å². The number of allylic oxidation sites excluding steroid dienone is 1. The number of amides is 1. The molecule has 1 saturated heterocycles. The van der Waals surface area contributed by atoms with Gasteiger partial charge in [0.15, 0.2) is 6.29 Å². The van der Waals surface area contributed by atoms with Crippen molar-refractivity contribution in [1.82, 2.24) is 5.32 Å². The summed E-state index contributed by atoms with van der Waals surface area (Å²) in [4.78, 5) is 12.9. The smallest absolute Gasteiger partial charge is 0.394 e. The summed E-state index contributed by atoms with van der Waals surface area (Å²) in [5.74, 6) is -0.712. The average molecular weight is 670 g/mol. The van der Waals surface area contributed by atoms with Gasteiger partial charge < -0.3 is 40.3 Å². The Bertz CT molecular complexity index is 905. The van der Waals surface area contributed by atoms with E-state index < -0.39 is 78.5 Å². The zero-order valence-corrected chi connectivity index (χ0v) is 27.9. The fourth-order valence-electron chi connectivity index (χ4n) is 5.16. The van der Waals surface area contributed by atoms with Gasteiger partial charge in [-0.25, -0.2) is 4.18 Å². The van der Waals surface area contributed by atoms with Gasteiger partial charge in [-0.05, 0) is 19.3 Å². The Kier molecular flexibility index (Phi) is 22.3. The van der Waals surface area contributed by atoms with Crippen molar-refractivity contribution >= 4 is 16.3 Å². The molecular weight excluding hydrogens is 610 g/mol. The number of unbranched alkanes of at least 4 members (excludes halogenated alkanes) is 13. The van der Waals surface area contributed by atoms with Crippen molar-refractivity contribution in [3.05, 3.63) is 12.2 Å². The third kappa shape index (κ3) is 18.1. The summed E-state index contributed by atoms with van der Waals surface area (Å²) in [5, 5.41) is 54.3. The van der Waals surface area contributed by atoms with Crippen LogP contribution in [0, 0.1) is 0 Å². The lowest BCUT2D eigenvalue weighted by molar-refractivity contribution is -0.298. The molecule has 0 aromatic heterocycles. The summed E-state index contributed by atoms with van der Waals surface area (Å²) in [6.45, 7) is 3.05. The molecule has 1 aliphatic rings. The first kappa shape index (κ1) is 41.8. The summed E-state index contributed by atoms with van der Waals surface area (Å²) in [6.07, 6.45) is 8.01. The fourth-order valence-corrected chi connectivity index (χ4v) is 5.67. The third-order valence-corrected chi connectivity index (χ3v) is 8.39. The minimum atomic E-state index is -5.10. The Balaban J connectivity index is 2.80. The van der Waals surface area contributed by atoms with E-state index in [2.05, 4.69) is 23.3 Å². The molecule has 1 fully saturated rings. The lowest BCUT2D eigenvalue weighted by Gasteiger charge is -2.41. The van der Waals surface area contributed by atoms with Gasteiger partial charge in [0, 0.05) is 0 Å². The number of rotatable bonds is 26. The number of carbonyl (C=O) groups is 1. The van der Waals surface area contributed by atoms with E-state index in [4.69, 9.17) is 14.0 Å². The highest BCUT2D eigenvalue weighted by atomic mass is 32.3. The molecule has 0 bridgehead atoms. The van der Waals surface area contributed by atoms with E-state index in [1.807, 2.05) is 0 Å². The van der Waals surface area contributed by atoms with Crippen molar-refractivity contribution in [3.8, 4) is 0 Å². The minimum absolute atomic E-state index is 0.244. The van der Waals surface area contributed by atoms with Crippen LogP contribution in [0.2, 0.25) is 0 Å². The van der Waals surface area contributed by atoms with Gasteiger partial charge in [0.25, 0.3) is 0 Å². The molecule has 1 aliphatic heterocycles. The first-order valence-corrected chi connectivity index (χ1v) is 18.0. The van der Waals surface area contributed by atoms with E-state index in [1.165, 1.54) is 38.2 Å². The van der Waals surface area contributed by atoms with Crippen LogP contribution < -0.4 is 5.32 Å². The topological polar surface area (TPSA) is 212 Å². The largest absolute Gasteiger partial charge is 0.397 e. The first-order chi connectivity index (χ1) is 21.4. The number of aliphatic hydroxyl groups excluding tert-OH is 5. The van der Waals surface area contributed by atoms with Crippen LogP contribution in [0.3, 0.4) is 0 Å². The van der Waals surface area contributed by atoms with Crippen molar-refractivity contribution in [2.24, 2.45) is 0 Å². The summed E-state index contributed by atoms with van der Waals surface area (Å²) in [6, 6.07) is -1.11. The Labute approximate surface area is 269 Å².